The molecule has 7 heteroatoms. The smallest absolute Gasteiger partial charge is 0.306 e. The van der Waals surface area contributed by atoms with Crippen molar-refractivity contribution in [3.05, 3.63) is 53.7 Å². The third kappa shape index (κ3) is 5.27. The van der Waals surface area contributed by atoms with E-state index in [-0.39, 0.29) is 17.3 Å². The van der Waals surface area contributed by atoms with E-state index in [0.717, 1.165) is 33.1 Å². The molecule has 0 bridgehead atoms. The monoisotopic (exact) mass is 452 g/mol. The highest BCUT2D eigenvalue weighted by atomic mass is 32.2. The molecule has 6 nitrogen and oxygen atoms in total. The van der Waals surface area contributed by atoms with Crippen LogP contribution in [0.2, 0.25) is 0 Å². The molecule has 0 saturated heterocycles. The van der Waals surface area contributed by atoms with Gasteiger partial charge in [-0.2, -0.15) is 0 Å². The van der Waals surface area contributed by atoms with Gasteiger partial charge in [-0.05, 0) is 52.0 Å². The van der Waals surface area contributed by atoms with Crippen LogP contribution in [0.25, 0.3) is 10.9 Å². The highest BCUT2D eigenvalue weighted by Crippen LogP contribution is 2.36. The van der Waals surface area contributed by atoms with E-state index < -0.39 is 0 Å². The summed E-state index contributed by atoms with van der Waals surface area (Å²) in [7, 11) is 0. The van der Waals surface area contributed by atoms with Crippen molar-refractivity contribution >= 4 is 33.7 Å². The third-order valence-corrected chi connectivity index (χ3v) is 6.15. The van der Waals surface area contributed by atoms with Gasteiger partial charge in [0.2, 0.25) is 0 Å². The second-order valence-electron chi connectivity index (χ2n) is 8.05. The number of hydrogen-bond donors (Lipinski definition) is 1. The summed E-state index contributed by atoms with van der Waals surface area (Å²) in [5.74, 6) is 2.05. The Hall–Kier alpha value is -2.93. The number of aliphatic imine (C=N–C) groups is 1. The molecule has 0 amide bonds. The van der Waals surface area contributed by atoms with E-state index >= 15 is 0 Å². The lowest BCUT2D eigenvalue weighted by molar-refractivity contribution is -0.143. The minimum Gasteiger partial charge on any atom is -0.489 e. The van der Waals surface area contributed by atoms with E-state index in [0.29, 0.717) is 25.3 Å². The predicted octanol–water partition coefficient (Wildman–Crippen LogP) is 5.87. The van der Waals surface area contributed by atoms with E-state index in [2.05, 4.69) is 16.0 Å². The lowest BCUT2D eigenvalue weighted by atomic mass is 10.2. The first-order valence-electron chi connectivity index (χ1n) is 10.9. The molecule has 0 fully saturated rings. The maximum atomic E-state index is 11.8. The van der Waals surface area contributed by atoms with Gasteiger partial charge in [0.25, 0.3) is 0 Å². The number of rotatable bonds is 8. The van der Waals surface area contributed by atoms with Gasteiger partial charge in [-0.1, -0.05) is 29.5 Å². The number of nitrogens with zero attached hydrogens (tertiary/aromatic N) is 1. The Labute approximate surface area is 192 Å². The molecule has 3 aromatic rings. The van der Waals surface area contributed by atoms with Crippen LogP contribution >= 0.6 is 11.8 Å². The summed E-state index contributed by atoms with van der Waals surface area (Å²) in [4.78, 5) is 19.9. The fraction of sp³-hybridized carbons (Fsp3) is 0.360. The van der Waals surface area contributed by atoms with Crippen LogP contribution in [0.3, 0.4) is 0 Å². The molecule has 1 aliphatic rings. The molecule has 32 heavy (non-hydrogen) atoms. The van der Waals surface area contributed by atoms with Crippen LogP contribution in [-0.4, -0.2) is 40.5 Å². The number of esters is 1. The van der Waals surface area contributed by atoms with Crippen molar-refractivity contribution < 1.29 is 19.0 Å². The zero-order valence-electron chi connectivity index (χ0n) is 18.8. The zero-order valence-corrected chi connectivity index (χ0v) is 19.6. The Kier molecular flexibility index (Phi) is 6.74. The summed E-state index contributed by atoms with van der Waals surface area (Å²) in [5, 5.41) is 1.98. The van der Waals surface area contributed by atoms with Gasteiger partial charge in [0.05, 0.1) is 36.9 Å². The molecular weight excluding hydrogens is 424 g/mol. The molecule has 0 spiro atoms. The van der Waals surface area contributed by atoms with Crippen LogP contribution in [0.5, 0.6) is 17.2 Å². The first-order chi connectivity index (χ1) is 15.4. The van der Waals surface area contributed by atoms with Crippen molar-refractivity contribution in [1.29, 1.82) is 0 Å². The molecule has 1 aliphatic heterocycles. The number of carbonyl (C=O) groups excluding carboxylic acids is 1. The molecule has 168 valence electrons. The van der Waals surface area contributed by atoms with Gasteiger partial charge < -0.3 is 19.2 Å². The van der Waals surface area contributed by atoms with Gasteiger partial charge in [-0.3, -0.25) is 9.79 Å². The van der Waals surface area contributed by atoms with E-state index in [1.165, 1.54) is 5.56 Å². The van der Waals surface area contributed by atoms with Crippen molar-refractivity contribution in [3.8, 4) is 17.2 Å². The maximum absolute atomic E-state index is 11.8. The van der Waals surface area contributed by atoms with E-state index in [9.17, 15) is 4.79 Å². The molecule has 1 unspecified atom stereocenters. The largest absolute Gasteiger partial charge is 0.489 e. The van der Waals surface area contributed by atoms with Gasteiger partial charge in [0, 0.05) is 16.7 Å². The maximum Gasteiger partial charge on any atom is 0.306 e. The molecule has 1 aromatic heterocycles. The van der Waals surface area contributed by atoms with Gasteiger partial charge >= 0.3 is 5.97 Å². The minimum atomic E-state index is -0.177. The van der Waals surface area contributed by atoms with Crippen LogP contribution in [-0.2, 0) is 9.53 Å². The zero-order chi connectivity index (χ0) is 22.7. The molecule has 4 rings (SSSR count). The molecule has 0 saturated carbocycles. The fourth-order valence-corrected chi connectivity index (χ4v) is 4.60. The van der Waals surface area contributed by atoms with Crippen LogP contribution in [0, 0.1) is 6.92 Å². The fourth-order valence-electron chi connectivity index (χ4n) is 3.53. The summed E-state index contributed by atoms with van der Waals surface area (Å²) < 4.78 is 17.3. The number of aryl methyl sites for hydroxylation is 1. The minimum absolute atomic E-state index is 0.0201. The quantitative estimate of drug-likeness (QED) is 0.433. The number of aromatic nitrogens is 1. The van der Waals surface area contributed by atoms with Crippen LogP contribution in [0.1, 0.15) is 38.4 Å². The van der Waals surface area contributed by atoms with Crippen LogP contribution in [0.15, 0.2) is 47.5 Å². The first-order valence-corrected chi connectivity index (χ1v) is 11.7. The lowest BCUT2D eigenvalue weighted by Gasteiger charge is -2.13. The summed E-state index contributed by atoms with van der Waals surface area (Å²) in [6.45, 7) is 8.87. The summed E-state index contributed by atoms with van der Waals surface area (Å²) in [5.41, 5.74) is 3.00. The highest BCUT2D eigenvalue weighted by Gasteiger charge is 2.25. The summed E-state index contributed by atoms with van der Waals surface area (Å²) in [6.07, 6.45) is 0.383. The lowest BCUT2D eigenvalue weighted by Crippen LogP contribution is -2.14. The Balaban J connectivity index is 1.59. The second-order valence-corrected chi connectivity index (χ2v) is 9.33. The third-order valence-electron chi connectivity index (χ3n) is 4.93. The number of benzene rings is 2. The van der Waals surface area contributed by atoms with E-state index in [4.69, 9.17) is 14.2 Å². The van der Waals surface area contributed by atoms with Crippen molar-refractivity contribution in [2.45, 2.75) is 45.5 Å². The van der Waals surface area contributed by atoms with Crippen LogP contribution < -0.4 is 9.47 Å². The van der Waals surface area contributed by atoms with Crippen molar-refractivity contribution in [1.82, 2.24) is 4.98 Å². The number of hydrogen-bond acceptors (Lipinski definition) is 6. The number of aromatic amines is 1. The molecule has 0 aliphatic carbocycles. The standard InChI is InChI=1S/C25H28N2O4S/c1-5-29-23(28)13-20-14-26-25(32-20)21-11-17-10-19(31-18-8-6-16(4)7-9-18)12-22(24(17)27-21)30-15(2)3/h6-12,15,20,27H,5,13-14H2,1-4H3. The Morgan fingerprint density at radius 1 is 1.19 bits per heavy atom. The normalized spacial score (nSPS) is 15.8. The number of nitrogens with one attached hydrogen (secondary N) is 1. The first kappa shape index (κ1) is 22.3. The number of thioether (sulfide) groups is 1. The van der Waals surface area contributed by atoms with Gasteiger partial charge in [0.1, 0.15) is 22.3 Å². The van der Waals surface area contributed by atoms with Gasteiger partial charge in [-0.15, -0.1) is 0 Å². The second kappa shape index (κ2) is 9.69. The molecule has 2 aromatic carbocycles. The van der Waals surface area contributed by atoms with Crippen LogP contribution in [0.4, 0.5) is 0 Å². The molecular formula is C25H28N2O4S. The molecule has 1 N–H and O–H groups in total. The molecule has 2 heterocycles. The van der Waals surface area contributed by atoms with E-state index in [1.807, 2.05) is 64.1 Å². The van der Waals surface area contributed by atoms with Crippen molar-refractivity contribution in [3.63, 3.8) is 0 Å². The average Bonchev–Trinajstić information content (AvgIpc) is 3.36. The topological polar surface area (TPSA) is 72.9 Å². The predicted molar refractivity (Wildman–Crippen MR) is 129 cm³/mol. The van der Waals surface area contributed by atoms with E-state index in [1.54, 1.807) is 11.8 Å². The Morgan fingerprint density at radius 2 is 1.97 bits per heavy atom. The highest BCUT2D eigenvalue weighted by molar-refractivity contribution is 8.15. The van der Waals surface area contributed by atoms with Gasteiger partial charge in [0.15, 0.2) is 0 Å². The number of carbonyl (C=O) groups is 1. The average molecular weight is 453 g/mol. The SMILES string of the molecule is CCOC(=O)CC1CN=C(c2cc3cc(Oc4ccc(C)cc4)cc(OC(C)C)c3[nH]2)S1. The number of ether oxygens (including phenoxy) is 3. The number of H-pyrrole nitrogens is 1. The number of fused-ring (bicyclic) bond motifs is 1. The van der Waals surface area contributed by atoms with Crippen molar-refractivity contribution in [2.24, 2.45) is 4.99 Å². The van der Waals surface area contributed by atoms with Gasteiger partial charge in [-0.25, -0.2) is 0 Å². The molecule has 0 radical (unpaired) electrons. The summed E-state index contributed by atoms with van der Waals surface area (Å²) >= 11 is 1.61. The Morgan fingerprint density at radius 3 is 2.69 bits per heavy atom. The molecule has 1 atom stereocenters. The Bertz CT molecular complexity index is 1130. The van der Waals surface area contributed by atoms with Crippen molar-refractivity contribution in [2.75, 3.05) is 13.2 Å². The summed E-state index contributed by atoms with van der Waals surface area (Å²) in [6, 6.07) is 13.9.